The maximum absolute atomic E-state index is 12.7. The van der Waals surface area contributed by atoms with Gasteiger partial charge < -0.3 is 15.3 Å². The summed E-state index contributed by atoms with van der Waals surface area (Å²) < 4.78 is 1.83. The number of carbonyl (C=O) groups is 1. The van der Waals surface area contributed by atoms with Crippen molar-refractivity contribution in [2.45, 2.75) is 31.8 Å². The highest BCUT2D eigenvalue weighted by atomic mass is 16.3. The van der Waals surface area contributed by atoms with E-state index < -0.39 is 0 Å². The molecule has 1 aromatic carbocycles. The Labute approximate surface area is 140 Å². The van der Waals surface area contributed by atoms with Gasteiger partial charge in [0.2, 0.25) is 0 Å². The zero-order chi connectivity index (χ0) is 16.5. The van der Waals surface area contributed by atoms with Crippen molar-refractivity contribution >= 4 is 5.91 Å². The number of aromatic nitrogens is 3. The first kappa shape index (κ1) is 15.1. The van der Waals surface area contributed by atoms with Crippen LogP contribution in [0.2, 0.25) is 0 Å². The lowest BCUT2D eigenvalue weighted by atomic mass is 9.98. The molecule has 1 amide bonds. The number of amides is 1. The van der Waals surface area contributed by atoms with Crippen molar-refractivity contribution in [3.8, 4) is 5.75 Å². The highest BCUT2D eigenvalue weighted by Crippen LogP contribution is 2.27. The maximum Gasteiger partial charge on any atom is 0.276 e. The van der Waals surface area contributed by atoms with Crippen molar-refractivity contribution in [2.75, 3.05) is 19.6 Å². The van der Waals surface area contributed by atoms with E-state index in [0.717, 1.165) is 37.1 Å². The number of piperidine rings is 1. The highest BCUT2D eigenvalue weighted by molar-refractivity contribution is 5.92. The molecule has 24 heavy (non-hydrogen) atoms. The fourth-order valence-electron chi connectivity index (χ4n) is 3.55. The lowest BCUT2D eigenvalue weighted by Gasteiger charge is -2.28. The van der Waals surface area contributed by atoms with Gasteiger partial charge in [-0.1, -0.05) is 17.3 Å². The van der Waals surface area contributed by atoms with Crippen molar-refractivity contribution in [3.63, 3.8) is 0 Å². The zero-order valence-corrected chi connectivity index (χ0v) is 13.5. The van der Waals surface area contributed by atoms with Crippen molar-refractivity contribution in [1.29, 1.82) is 0 Å². The zero-order valence-electron chi connectivity index (χ0n) is 13.5. The van der Waals surface area contributed by atoms with Gasteiger partial charge in [0.1, 0.15) is 5.75 Å². The molecule has 1 saturated heterocycles. The topological polar surface area (TPSA) is 83.3 Å². The molecule has 0 radical (unpaired) electrons. The first-order valence-corrected chi connectivity index (χ1v) is 8.44. The molecule has 0 unspecified atom stereocenters. The van der Waals surface area contributed by atoms with E-state index in [1.165, 1.54) is 0 Å². The molecule has 0 bridgehead atoms. The van der Waals surface area contributed by atoms with Crippen molar-refractivity contribution < 1.29 is 9.90 Å². The Bertz CT molecular complexity index is 751. The molecule has 2 aromatic rings. The number of carbonyl (C=O) groups excluding carboxylic acids is 1. The van der Waals surface area contributed by atoms with Gasteiger partial charge in [-0.25, -0.2) is 4.68 Å². The van der Waals surface area contributed by atoms with Crippen LogP contribution in [0.5, 0.6) is 5.75 Å². The van der Waals surface area contributed by atoms with Crippen LogP contribution < -0.4 is 5.32 Å². The summed E-state index contributed by atoms with van der Waals surface area (Å²) in [5.74, 6) is 0.223. The fourth-order valence-corrected chi connectivity index (χ4v) is 3.55. The number of aromatic hydroxyl groups is 1. The SMILES string of the molecule is O=C(c1cn(C2CCNCC2)nn1)N1CCc2c(O)cccc2C1. The molecular weight excluding hydrogens is 306 g/mol. The third-order valence-corrected chi connectivity index (χ3v) is 4.94. The first-order chi connectivity index (χ1) is 11.7. The van der Waals surface area contributed by atoms with Gasteiger partial charge in [0.25, 0.3) is 5.91 Å². The van der Waals surface area contributed by atoms with Gasteiger partial charge >= 0.3 is 0 Å². The first-order valence-electron chi connectivity index (χ1n) is 8.44. The molecule has 0 aliphatic carbocycles. The minimum Gasteiger partial charge on any atom is -0.508 e. The Morgan fingerprint density at radius 1 is 1.29 bits per heavy atom. The standard InChI is InChI=1S/C17H21N5O2/c23-16-3-1-2-12-10-21(9-6-14(12)16)17(24)15-11-22(20-19-15)13-4-7-18-8-5-13/h1-3,11,13,18,23H,4-10H2. The van der Waals surface area contributed by atoms with E-state index in [9.17, 15) is 9.90 Å². The highest BCUT2D eigenvalue weighted by Gasteiger charge is 2.26. The van der Waals surface area contributed by atoms with E-state index in [2.05, 4.69) is 15.6 Å². The molecule has 0 atom stereocenters. The molecule has 2 N–H and O–H groups in total. The van der Waals surface area contributed by atoms with E-state index in [4.69, 9.17) is 0 Å². The largest absolute Gasteiger partial charge is 0.508 e. The summed E-state index contributed by atoms with van der Waals surface area (Å²) in [7, 11) is 0. The van der Waals surface area contributed by atoms with Gasteiger partial charge in [0, 0.05) is 18.7 Å². The number of benzene rings is 1. The average Bonchev–Trinajstić information content (AvgIpc) is 3.12. The molecule has 126 valence electrons. The molecule has 1 fully saturated rings. The van der Waals surface area contributed by atoms with Crippen LogP contribution in [0.3, 0.4) is 0 Å². The lowest BCUT2D eigenvalue weighted by molar-refractivity contribution is 0.0727. The molecule has 7 nitrogen and oxygen atoms in total. The molecule has 2 aliphatic rings. The van der Waals surface area contributed by atoms with E-state index in [0.29, 0.717) is 37.0 Å². The smallest absolute Gasteiger partial charge is 0.276 e. The van der Waals surface area contributed by atoms with Gasteiger partial charge in [0.15, 0.2) is 5.69 Å². The van der Waals surface area contributed by atoms with Gasteiger partial charge in [0.05, 0.1) is 12.2 Å². The predicted molar refractivity (Wildman–Crippen MR) is 87.7 cm³/mol. The van der Waals surface area contributed by atoms with Crippen molar-refractivity contribution in [1.82, 2.24) is 25.2 Å². The van der Waals surface area contributed by atoms with Crippen LogP contribution in [0.25, 0.3) is 0 Å². The quantitative estimate of drug-likeness (QED) is 0.863. The average molecular weight is 327 g/mol. The Balaban J connectivity index is 1.49. The van der Waals surface area contributed by atoms with Crippen LogP contribution in [0, 0.1) is 0 Å². The summed E-state index contributed by atoms with van der Waals surface area (Å²) >= 11 is 0. The number of hydrogen-bond donors (Lipinski definition) is 2. The number of rotatable bonds is 2. The maximum atomic E-state index is 12.7. The Morgan fingerprint density at radius 2 is 2.12 bits per heavy atom. The van der Waals surface area contributed by atoms with E-state index in [1.54, 1.807) is 17.2 Å². The van der Waals surface area contributed by atoms with E-state index in [-0.39, 0.29) is 5.91 Å². The van der Waals surface area contributed by atoms with Gasteiger partial charge in [-0.2, -0.15) is 0 Å². The Hall–Kier alpha value is -2.41. The molecule has 3 heterocycles. The number of fused-ring (bicyclic) bond motifs is 1. The van der Waals surface area contributed by atoms with E-state index >= 15 is 0 Å². The van der Waals surface area contributed by atoms with Crippen LogP contribution >= 0.6 is 0 Å². The van der Waals surface area contributed by atoms with Crippen molar-refractivity contribution in [3.05, 3.63) is 41.2 Å². The normalized spacial score (nSPS) is 18.4. The second-order valence-electron chi connectivity index (χ2n) is 6.46. The molecule has 7 heteroatoms. The third-order valence-electron chi connectivity index (χ3n) is 4.94. The van der Waals surface area contributed by atoms with Crippen LogP contribution in [0.1, 0.15) is 40.5 Å². The summed E-state index contributed by atoms with van der Waals surface area (Å²) in [6.45, 7) is 3.03. The second-order valence-corrected chi connectivity index (χ2v) is 6.46. The molecule has 0 spiro atoms. The third kappa shape index (κ3) is 2.75. The van der Waals surface area contributed by atoms with E-state index in [1.807, 2.05) is 16.8 Å². The summed E-state index contributed by atoms with van der Waals surface area (Å²) in [6, 6.07) is 5.79. The molecular formula is C17H21N5O2. The number of hydrogen-bond acceptors (Lipinski definition) is 5. The summed E-state index contributed by atoms with van der Waals surface area (Å²) in [5.41, 5.74) is 2.34. The van der Waals surface area contributed by atoms with Crippen LogP contribution in [0.4, 0.5) is 0 Å². The monoisotopic (exact) mass is 327 g/mol. The molecule has 2 aliphatic heterocycles. The molecule has 0 saturated carbocycles. The summed E-state index contributed by atoms with van der Waals surface area (Å²) in [4.78, 5) is 14.5. The molecule has 1 aromatic heterocycles. The van der Waals surface area contributed by atoms with Crippen LogP contribution in [-0.4, -0.2) is 50.5 Å². The summed E-state index contributed by atoms with van der Waals surface area (Å²) in [6.07, 6.45) is 4.45. The minimum absolute atomic E-state index is 0.0934. The Kier molecular flexibility index (Phi) is 3.93. The van der Waals surface area contributed by atoms with Gasteiger partial charge in [-0.05, 0) is 44.0 Å². The van der Waals surface area contributed by atoms with Gasteiger partial charge in [-0.3, -0.25) is 4.79 Å². The van der Waals surface area contributed by atoms with Gasteiger partial charge in [-0.15, -0.1) is 5.10 Å². The Morgan fingerprint density at radius 3 is 2.96 bits per heavy atom. The second kappa shape index (κ2) is 6.24. The fraction of sp³-hybridized carbons (Fsp3) is 0.471. The number of phenolic OH excluding ortho intramolecular Hbond substituents is 1. The lowest BCUT2D eigenvalue weighted by Crippen LogP contribution is -2.36. The van der Waals surface area contributed by atoms with Crippen LogP contribution in [-0.2, 0) is 13.0 Å². The molecule has 4 rings (SSSR count). The number of nitrogens with one attached hydrogen (secondary N) is 1. The van der Waals surface area contributed by atoms with Crippen molar-refractivity contribution in [2.24, 2.45) is 0 Å². The number of phenols is 1. The van der Waals surface area contributed by atoms with Crippen LogP contribution in [0.15, 0.2) is 24.4 Å². The minimum atomic E-state index is -0.0934. The predicted octanol–water partition coefficient (Wildman–Crippen LogP) is 1.11. The number of nitrogens with zero attached hydrogens (tertiary/aromatic N) is 4. The summed E-state index contributed by atoms with van der Waals surface area (Å²) in [5, 5.41) is 21.5.